The molecule has 0 saturated heterocycles. The summed E-state index contributed by atoms with van der Waals surface area (Å²) in [4.78, 5) is 0. The Morgan fingerprint density at radius 2 is 1.00 bits per heavy atom. The first-order valence-corrected chi connectivity index (χ1v) is 14.9. The standard InChI is InChI=1S/C34H40F2O2/c1-29-9-21-11-31(15-29,23-3-5-27(37)25(35)7-23)19-33(13-21,17-29)34-14-22-10-30(2,18-34)16-32(12-22,20-34)24-4-6-28(38)26(36)8-24/h3-8,21-22,37-38H,9-20H2,1-2H3. The third kappa shape index (κ3) is 2.98. The molecule has 202 valence electrons. The van der Waals surface area contributed by atoms with Crippen LogP contribution in [-0.4, -0.2) is 10.2 Å². The molecule has 0 aromatic heterocycles. The van der Waals surface area contributed by atoms with Crippen molar-refractivity contribution < 1.29 is 19.0 Å². The average Bonchev–Trinajstić information content (AvgIpc) is 2.79. The van der Waals surface area contributed by atoms with Crippen molar-refractivity contribution in [3.05, 3.63) is 59.2 Å². The molecule has 2 N–H and O–H groups in total. The summed E-state index contributed by atoms with van der Waals surface area (Å²) in [5, 5.41) is 19.9. The molecule has 2 aromatic rings. The summed E-state index contributed by atoms with van der Waals surface area (Å²) in [6.45, 7) is 5.01. The molecule has 0 spiro atoms. The Balaban J connectivity index is 1.27. The Labute approximate surface area is 224 Å². The molecule has 2 nitrogen and oxygen atoms in total. The minimum absolute atomic E-state index is 0.0231. The van der Waals surface area contributed by atoms with Crippen molar-refractivity contribution in [3.63, 3.8) is 0 Å². The molecule has 38 heavy (non-hydrogen) atoms. The van der Waals surface area contributed by atoms with Crippen LogP contribution in [0.25, 0.3) is 0 Å². The van der Waals surface area contributed by atoms with Gasteiger partial charge in [-0.15, -0.1) is 0 Å². The summed E-state index contributed by atoms with van der Waals surface area (Å²) >= 11 is 0. The average molecular weight is 519 g/mol. The minimum atomic E-state index is -0.493. The highest BCUT2D eigenvalue weighted by Gasteiger charge is 2.73. The number of halogens is 2. The summed E-state index contributed by atoms with van der Waals surface area (Å²) in [5.74, 6) is -0.166. The van der Waals surface area contributed by atoms with E-state index in [0.29, 0.717) is 11.8 Å². The van der Waals surface area contributed by atoms with Crippen molar-refractivity contribution in [2.24, 2.45) is 33.5 Å². The van der Waals surface area contributed by atoms with Gasteiger partial charge >= 0.3 is 0 Å². The molecule has 0 radical (unpaired) electrons. The number of hydrogen-bond acceptors (Lipinski definition) is 2. The molecule has 8 atom stereocenters. The number of benzene rings is 2. The molecule has 0 heterocycles. The Bertz CT molecular complexity index is 1270. The molecular formula is C34H40F2O2. The second-order valence-electron chi connectivity index (χ2n) is 16.1. The van der Waals surface area contributed by atoms with E-state index in [1.165, 1.54) is 38.5 Å². The van der Waals surface area contributed by atoms with Crippen LogP contribution in [0.5, 0.6) is 11.5 Å². The third-order valence-electron chi connectivity index (χ3n) is 12.9. The lowest BCUT2D eigenvalue weighted by molar-refractivity contribution is -0.245. The van der Waals surface area contributed by atoms with Gasteiger partial charge in [0.2, 0.25) is 0 Å². The van der Waals surface area contributed by atoms with E-state index < -0.39 is 11.6 Å². The van der Waals surface area contributed by atoms with E-state index in [2.05, 4.69) is 13.8 Å². The molecular weight excluding hydrogens is 478 g/mol. The highest BCUT2D eigenvalue weighted by atomic mass is 19.1. The van der Waals surface area contributed by atoms with E-state index in [-0.39, 0.29) is 44.0 Å². The lowest BCUT2D eigenvalue weighted by atomic mass is 9.27. The smallest absolute Gasteiger partial charge is 0.165 e. The van der Waals surface area contributed by atoms with Crippen molar-refractivity contribution >= 4 is 0 Å². The molecule has 8 saturated carbocycles. The van der Waals surface area contributed by atoms with Gasteiger partial charge in [0.25, 0.3) is 0 Å². The zero-order chi connectivity index (χ0) is 26.3. The van der Waals surface area contributed by atoms with Gasteiger partial charge in [-0.05, 0) is 157 Å². The fourth-order valence-corrected chi connectivity index (χ4v) is 13.3. The zero-order valence-corrected chi connectivity index (χ0v) is 22.8. The monoisotopic (exact) mass is 518 g/mol. The van der Waals surface area contributed by atoms with Gasteiger partial charge in [0.15, 0.2) is 23.1 Å². The maximum absolute atomic E-state index is 14.7. The van der Waals surface area contributed by atoms with Crippen molar-refractivity contribution in [1.29, 1.82) is 0 Å². The van der Waals surface area contributed by atoms with E-state index >= 15 is 0 Å². The van der Waals surface area contributed by atoms with Gasteiger partial charge in [-0.1, -0.05) is 26.0 Å². The van der Waals surface area contributed by atoms with Crippen molar-refractivity contribution in [2.45, 2.75) is 102 Å². The van der Waals surface area contributed by atoms with Crippen LogP contribution in [0.3, 0.4) is 0 Å². The van der Waals surface area contributed by atoms with Crippen LogP contribution < -0.4 is 0 Å². The number of hydrogen-bond donors (Lipinski definition) is 2. The van der Waals surface area contributed by atoms with Gasteiger partial charge < -0.3 is 10.2 Å². The number of aromatic hydroxyl groups is 2. The van der Waals surface area contributed by atoms with Crippen LogP contribution >= 0.6 is 0 Å². The summed E-state index contributed by atoms with van der Waals surface area (Å²) < 4.78 is 29.4. The van der Waals surface area contributed by atoms with Gasteiger partial charge in [-0.25, -0.2) is 8.78 Å². The summed E-state index contributed by atoms with van der Waals surface area (Å²) in [6, 6.07) is 10.4. The topological polar surface area (TPSA) is 40.5 Å². The Morgan fingerprint density at radius 1 is 0.579 bits per heavy atom. The summed E-state index contributed by atoms with van der Waals surface area (Å²) in [5.41, 5.74) is 3.10. The predicted molar refractivity (Wildman–Crippen MR) is 143 cm³/mol. The van der Waals surface area contributed by atoms with Crippen LogP contribution in [0, 0.1) is 45.1 Å². The van der Waals surface area contributed by atoms with Gasteiger partial charge in [-0.2, -0.15) is 0 Å². The third-order valence-corrected chi connectivity index (χ3v) is 12.9. The van der Waals surface area contributed by atoms with Gasteiger partial charge in [-0.3, -0.25) is 0 Å². The van der Waals surface area contributed by atoms with Crippen LogP contribution in [-0.2, 0) is 10.8 Å². The first-order chi connectivity index (χ1) is 17.9. The summed E-state index contributed by atoms with van der Waals surface area (Å²) in [7, 11) is 0. The zero-order valence-electron chi connectivity index (χ0n) is 22.8. The van der Waals surface area contributed by atoms with E-state index in [0.717, 1.165) is 49.7 Å². The van der Waals surface area contributed by atoms with E-state index in [1.807, 2.05) is 12.1 Å². The molecule has 8 bridgehead atoms. The highest BCUT2D eigenvalue weighted by Crippen LogP contribution is 2.82. The number of phenols is 2. The molecule has 0 amide bonds. The van der Waals surface area contributed by atoms with Gasteiger partial charge in [0, 0.05) is 0 Å². The van der Waals surface area contributed by atoms with E-state index in [9.17, 15) is 19.0 Å². The van der Waals surface area contributed by atoms with Gasteiger partial charge in [0.05, 0.1) is 0 Å². The molecule has 8 aliphatic carbocycles. The maximum Gasteiger partial charge on any atom is 0.165 e. The maximum atomic E-state index is 14.7. The Hall–Kier alpha value is -2.10. The van der Waals surface area contributed by atoms with E-state index in [1.54, 1.807) is 24.3 Å². The predicted octanol–water partition coefficient (Wildman–Crippen LogP) is 8.53. The number of phenolic OH excluding ortho intramolecular Hbond substituents is 2. The van der Waals surface area contributed by atoms with Crippen LogP contribution in [0.1, 0.15) is 102 Å². The molecule has 8 aliphatic rings. The fraction of sp³-hybridized carbons (Fsp3) is 0.647. The molecule has 10 rings (SSSR count). The fourth-order valence-electron chi connectivity index (χ4n) is 13.3. The molecule has 8 fully saturated rings. The summed E-state index contributed by atoms with van der Waals surface area (Å²) in [6.07, 6.45) is 14.4. The Morgan fingerprint density at radius 3 is 1.37 bits per heavy atom. The quantitative estimate of drug-likeness (QED) is 0.427. The van der Waals surface area contributed by atoms with Crippen molar-refractivity contribution in [1.82, 2.24) is 0 Å². The first kappa shape index (κ1) is 23.8. The second-order valence-corrected chi connectivity index (χ2v) is 16.1. The van der Waals surface area contributed by atoms with Crippen molar-refractivity contribution in [2.75, 3.05) is 0 Å². The molecule has 4 heteroatoms. The molecule has 0 aliphatic heterocycles. The first-order valence-electron chi connectivity index (χ1n) is 14.9. The van der Waals surface area contributed by atoms with Crippen molar-refractivity contribution in [3.8, 4) is 11.5 Å². The van der Waals surface area contributed by atoms with Crippen LogP contribution in [0.4, 0.5) is 8.78 Å². The Kier molecular flexibility index (Phi) is 4.35. The largest absolute Gasteiger partial charge is 0.505 e. The highest BCUT2D eigenvalue weighted by molar-refractivity contribution is 5.40. The lowest BCUT2D eigenvalue weighted by Crippen LogP contribution is -2.68. The van der Waals surface area contributed by atoms with E-state index in [4.69, 9.17) is 0 Å². The SMILES string of the molecule is CC12CC3CC(c4ccc(O)c(F)c4)(C1)CC(C14CC5CC(C)(CC(c6ccc(O)c(F)c6)(C5)C1)C4)(C3)C2. The molecule has 2 aromatic carbocycles. The van der Waals surface area contributed by atoms with Gasteiger partial charge in [0.1, 0.15) is 0 Å². The number of rotatable bonds is 3. The van der Waals surface area contributed by atoms with Crippen LogP contribution in [0.15, 0.2) is 36.4 Å². The normalized spacial score (nSPS) is 48.1. The minimum Gasteiger partial charge on any atom is -0.505 e. The van der Waals surface area contributed by atoms with Crippen LogP contribution in [0.2, 0.25) is 0 Å². The molecule has 8 unspecified atom stereocenters. The lowest BCUT2D eigenvalue weighted by Gasteiger charge is -2.77. The second kappa shape index (κ2) is 6.96.